The van der Waals surface area contributed by atoms with E-state index in [1.807, 2.05) is 6.07 Å². The van der Waals surface area contributed by atoms with Crippen LogP contribution in [0.4, 0.5) is 4.39 Å². The smallest absolute Gasteiger partial charge is 0.123 e. The lowest BCUT2D eigenvalue weighted by Gasteiger charge is -1.98. The van der Waals surface area contributed by atoms with E-state index >= 15 is 0 Å². The summed E-state index contributed by atoms with van der Waals surface area (Å²) in [6, 6.07) is 8.13. The van der Waals surface area contributed by atoms with Gasteiger partial charge in [-0.05, 0) is 30.3 Å². The molecule has 0 atom stereocenters. The number of aromatic nitrogens is 2. The summed E-state index contributed by atoms with van der Waals surface area (Å²) in [4.78, 5) is 8.83. The third-order valence-electron chi connectivity index (χ3n) is 1.59. The zero-order chi connectivity index (χ0) is 9.80. The Morgan fingerprint density at radius 2 is 1.86 bits per heavy atom. The molecule has 0 amide bonds. The van der Waals surface area contributed by atoms with Crippen molar-refractivity contribution >= 4 is 11.8 Å². The van der Waals surface area contributed by atoms with Crippen LogP contribution in [0.1, 0.15) is 0 Å². The van der Waals surface area contributed by atoms with Gasteiger partial charge in [0.2, 0.25) is 0 Å². The van der Waals surface area contributed by atoms with Crippen LogP contribution in [0.3, 0.4) is 0 Å². The SMILES string of the molecule is Fc1ccc(Sc2ccncn2)cc1. The predicted octanol–water partition coefficient (Wildman–Crippen LogP) is 2.77. The highest BCUT2D eigenvalue weighted by molar-refractivity contribution is 7.99. The van der Waals surface area contributed by atoms with Crippen LogP contribution in [0.25, 0.3) is 0 Å². The third-order valence-corrected chi connectivity index (χ3v) is 2.55. The van der Waals surface area contributed by atoms with Gasteiger partial charge < -0.3 is 0 Å². The second-order valence-corrected chi connectivity index (χ2v) is 3.70. The van der Waals surface area contributed by atoms with E-state index in [0.29, 0.717) is 0 Å². The number of benzene rings is 1. The molecule has 0 bridgehead atoms. The van der Waals surface area contributed by atoms with E-state index in [4.69, 9.17) is 0 Å². The normalized spacial score (nSPS) is 10.1. The lowest BCUT2D eigenvalue weighted by atomic mass is 10.4. The van der Waals surface area contributed by atoms with Crippen molar-refractivity contribution in [2.75, 3.05) is 0 Å². The van der Waals surface area contributed by atoms with Gasteiger partial charge in [0.25, 0.3) is 0 Å². The molecule has 2 nitrogen and oxygen atoms in total. The van der Waals surface area contributed by atoms with Crippen molar-refractivity contribution in [1.29, 1.82) is 0 Å². The minimum Gasteiger partial charge on any atom is -0.245 e. The molecular weight excluding hydrogens is 199 g/mol. The summed E-state index contributed by atoms with van der Waals surface area (Å²) in [7, 11) is 0. The molecule has 1 aromatic heterocycles. The average Bonchev–Trinajstić information content (AvgIpc) is 2.23. The van der Waals surface area contributed by atoms with E-state index in [9.17, 15) is 4.39 Å². The Morgan fingerprint density at radius 1 is 1.07 bits per heavy atom. The van der Waals surface area contributed by atoms with Crippen LogP contribution >= 0.6 is 11.8 Å². The van der Waals surface area contributed by atoms with E-state index in [1.54, 1.807) is 18.3 Å². The summed E-state index contributed by atoms with van der Waals surface area (Å²) < 4.78 is 12.6. The summed E-state index contributed by atoms with van der Waals surface area (Å²) >= 11 is 1.48. The van der Waals surface area contributed by atoms with Crippen LogP contribution in [-0.2, 0) is 0 Å². The van der Waals surface area contributed by atoms with E-state index in [0.717, 1.165) is 9.92 Å². The molecule has 0 saturated heterocycles. The Morgan fingerprint density at radius 3 is 2.50 bits per heavy atom. The Bertz CT molecular complexity index is 402. The van der Waals surface area contributed by atoms with Crippen molar-refractivity contribution in [3.8, 4) is 0 Å². The Labute approximate surface area is 85.2 Å². The van der Waals surface area contributed by atoms with Crippen molar-refractivity contribution < 1.29 is 4.39 Å². The van der Waals surface area contributed by atoms with Crippen LogP contribution in [0, 0.1) is 5.82 Å². The number of halogens is 1. The molecule has 2 rings (SSSR count). The summed E-state index contributed by atoms with van der Waals surface area (Å²) in [5.74, 6) is -0.225. The molecule has 1 aromatic carbocycles. The summed E-state index contributed by atoms with van der Waals surface area (Å²) in [5, 5.41) is 0.853. The summed E-state index contributed by atoms with van der Waals surface area (Å²) in [6.45, 7) is 0. The van der Waals surface area contributed by atoms with Crippen LogP contribution < -0.4 is 0 Å². The van der Waals surface area contributed by atoms with Crippen LogP contribution in [0.2, 0.25) is 0 Å². The quantitative estimate of drug-likeness (QED) is 0.706. The van der Waals surface area contributed by atoms with Crippen LogP contribution in [-0.4, -0.2) is 9.97 Å². The lowest BCUT2D eigenvalue weighted by molar-refractivity contribution is 0.626. The first-order valence-corrected chi connectivity index (χ1v) is 4.86. The Hall–Kier alpha value is -1.42. The minimum absolute atomic E-state index is 0.225. The minimum atomic E-state index is -0.225. The number of nitrogens with zero attached hydrogens (tertiary/aromatic N) is 2. The highest BCUT2D eigenvalue weighted by Gasteiger charge is 1.97. The number of hydrogen-bond donors (Lipinski definition) is 0. The van der Waals surface area contributed by atoms with Crippen molar-refractivity contribution in [3.63, 3.8) is 0 Å². The topological polar surface area (TPSA) is 25.8 Å². The molecule has 0 radical (unpaired) electrons. The highest BCUT2D eigenvalue weighted by atomic mass is 32.2. The van der Waals surface area contributed by atoms with E-state index in [-0.39, 0.29) is 5.82 Å². The molecule has 0 unspecified atom stereocenters. The van der Waals surface area contributed by atoms with Crippen molar-refractivity contribution in [2.24, 2.45) is 0 Å². The van der Waals surface area contributed by atoms with Gasteiger partial charge in [0.1, 0.15) is 17.2 Å². The van der Waals surface area contributed by atoms with Crippen molar-refractivity contribution in [3.05, 3.63) is 48.7 Å². The fourth-order valence-electron chi connectivity index (χ4n) is 0.962. The van der Waals surface area contributed by atoms with Crippen LogP contribution in [0.5, 0.6) is 0 Å². The average molecular weight is 206 g/mol. The summed E-state index contributed by atoms with van der Waals surface area (Å²) in [5.41, 5.74) is 0. The Kier molecular flexibility index (Phi) is 2.74. The standard InChI is InChI=1S/C10H7FN2S/c11-8-1-3-9(4-2-8)14-10-5-6-12-7-13-10/h1-7H. The second kappa shape index (κ2) is 4.19. The van der Waals surface area contributed by atoms with Crippen molar-refractivity contribution in [2.45, 2.75) is 9.92 Å². The third kappa shape index (κ3) is 2.29. The molecule has 0 saturated carbocycles. The fourth-order valence-corrected chi connectivity index (χ4v) is 1.70. The van der Waals surface area contributed by atoms with Gasteiger partial charge in [0.05, 0.1) is 0 Å². The molecule has 0 N–H and O–H groups in total. The first-order chi connectivity index (χ1) is 6.84. The molecule has 2 aromatic rings. The first kappa shape index (κ1) is 9.15. The molecule has 0 aliphatic rings. The van der Waals surface area contributed by atoms with E-state index in [2.05, 4.69) is 9.97 Å². The number of rotatable bonds is 2. The molecule has 0 aliphatic heterocycles. The highest BCUT2D eigenvalue weighted by Crippen LogP contribution is 2.24. The monoisotopic (exact) mass is 206 g/mol. The van der Waals surface area contributed by atoms with Crippen molar-refractivity contribution in [1.82, 2.24) is 9.97 Å². The van der Waals surface area contributed by atoms with Gasteiger partial charge in [0, 0.05) is 11.1 Å². The first-order valence-electron chi connectivity index (χ1n) is 4.04. The predicted molar refractivity (Wildman–Crippen MR) is 52.6 cm³/mol. The van der Waals surface area contributed by atoms with Gasteiger partial charge in [-0.2, -0.15) is 0 Å². The van der Waals surface area contributed by atoms with Gasteiger partial charge in [-0.3, -0.25) is 0 Å². The molecule has 1 heterocycles. The van der Waals surface area contributed by atoms with E-state index < -0.39 is 0 Å². The largest absolute Gasteiger partial charge is 0.245 e. The van der Waals surface area contributed by atoms with Gasteiger partial charge in [0.15, 0.2) is 0 Å². The molecule has 14 heavy (non-hydrogen) atoms. The Balaban J connectivity index is 2.16. The lowest BCUT2D eigenvalue weighted by Crippen LogP contribution is -1.80. The molecule has 0 aliphatic carbocycles. The number of hydrogen-bond acceptors (Lipinski definition) is 3. The zero-order valence-electron chi connectivity index (χ0n) is 7.22. The van der Waals surface area contributed by atoms with Gasteiger partial charge in [-0.1, -0.05) is 11.8 Å². The molecular formula is C10H7FN2S. The van der Waals surface area contributed by atoms with Gasteiger partial charge >= 0.3 is 0 Å². The molecule has 70 valence electrons. The zero-order valence-corrected chi connectivity index (χ0v) is 8.04. The second-order valence-electron chi connectivity index (χ2n) is 2.60. The van der Waals surface area contributed by atoms with Gasteiger partial charge in [-0.15, -0.1) is 0 Å². The fraction of sp³-hybridized carbons (Fsp3) is 0. The maximum Gasteiger partial charge on any atom is 0.123 e. The molecule has 0 spiro atoms. The maximum atomic E-state index is 12.6. The molecule has 4 heteroatoms. The summed E-state index contributed by atoms with van der Waals surface area (Å²) in [6.07, 6.45) is 3.17. The van der Waals surface area contributed by atoms with Crippen LogP contribution in [0.15, 0.2) is 52.8 Å². The molecule has 0 fully saturated rings. The van der Waals surface area contributed by atoms with E-state index in [1.165, 1.54) is 30.2 Å². The maximum absolute atomic E-state index is 12.6. The van der Waals surface area contributed by atoms with Gasteiger partial charge in [-0.25, -0.2) is 14.4 Å².